The van der Waals surface area contributed by atoms with Gasteiger partial charge in [0.2, 0.25) is 0 Å². The van der Waals surface area contributed by atoms with Crippen LogP contribution in [0, 0.1) is 5.92 Å². The third kappa shape index (κ3) is 2.60. The molecule has 2 nitrogen and oxygen atoms in total. The third-order valence-corrected chi connectivity index (χ3v) is 3.99. The minimum absolute atomic E-state index is 0.183. The Kier molecular flexibility index (Phi) is 3.55. The molecule has 2 unspecified atom stereocenters. The minimum Gasteiger partial charge on any atom is -0.496 e. The molecule has 2 aromatic rings. The normalized spacial score (nSPS) is 20.4. The Balaban J connectivity index is 1.67. The topological polar surface area (TPSA) is 26.3 Å². The maximum atomic E-state index is 12.4. The molecule has 102 valence electrons. The van der Waals surface area contributed by atoms with Gasteiger partial charge in [0.05, 0.1) is 7.11 Å². The van der Waals surface area contributed by atoms with Gasteiger partial charge in [-0.15, -0.1) is 0 Å². The van der Waals surface area contributed by atoms with Crippen LogP contribution in [-0.4, -0.2) is 12.9 Å². The molecule has 0 saturated heterocycles. The largest absolute Gasteiger partial charge is 0.496 e. The molecule has 0 aliphatic heterocycles. The first-order chi connectivity index (χ1) is 9.79. The van der Waals surface area contributed by atoms with Crippen molar-refractivity contribution in [3.8, 4) is 5.75 Å². The molecule has 0 radical (unpaired) electrons. The fourth-order valence-electron chi connectivity index (χ4n) is 2.79. The fraction of sp³-hybridized carbons (Fsp3) is 0.278. The van der Waals surface area contributed by atoms with Crippen LogP contribution in [0.3, 0.4) is 0 Å². The summed E-state index contributed by atoms with van der Waals surface area (Å²) in [4.78, 5) is 12.4. The first-order valence-electron chi connectivity index (χ1n) is 6.99. The van der Waals surface area contributed by atoms with E-state index in [0.717, 1.165) is 17.7 Å². The van der Waals surface area contributed by atoms with Gasteiger partial charge in [0.25, 0.3) is 0 Å². The summed E-state index contributed by atoms with van der Waals surface area (Å²) < 4.78 is 5.31. The van der Waals surface area contributed by atoms with E-state index in [9.17, 15) is 4.79 Å². The lowest BCUT2D eigenvalue weighted by Crippen LogP contribution is -2.07. The smallest absolute Gasteiger partial charge is 0.141 e. The number of ether oxygens (including phenoxy) is 1. The molecule has 2 heteroatoms. The molecule has 0 amide bonds. The van der Waals surface area contributed by atoms with Crippen LogP contribution in [0.15, 0.2) is 54.6 Å². The van der Waals surface area contributed by atoms with Crippen molar-refractivity contribution in [1.29, 1.82) is 0 Å². The first-order valence-corrected chi connectivity index (χ1v) is 6.99. The average Bonchev–Trinajstić information content (AvgIpc) is 3.29. The van der Waals surface area contributed by atoms with Gasteiger partial charge in [-0.05, 0) is 24.0 Å². The zero-order valence-corrected chi connectivity index (χ0v) is 11.6. The Bertz CT molecular complexity index is 604. The Hall–Kier alpha value is -2.09. The van der Waals surface area contributed by atoms with Crippen LogP contribution >= 0.6 is 0 Å². The molecule has 1 fully saturated rings. The molecule has 2 aromatic carbocycles. The average molecular weight is 266 g/mol. The molecule has 1 saturated carbocycles. The van der Waals surface area contributed by atoms with Crippen LogP contribution in [0.2, 0.25) is 0 Å². The van der Waals surface area contributed by atoms with Crippen LogP contribution in [0.5, 0.6) is 5.75 Å². The number of carbonyl (C=O) groups excluding carboxylic acids is 1. The lowest BCUT2D eigenvalue weighted by molar-refractivity contribution is -0.119. The molecular weight excluding hydrogens is 248 g/mol. The van der Waals surface area contributed by atoms with Crippen LogP contribution in [0.1, 0.15) is 23.5 Å². The van der Waals surface area contributed by atoms with E-state index in [1.54, 1.807) is 7.11 Å². The van der Waals surface area contributed by atoms with Crippen molar-refractivity contribution in [3.05, 3.63) is 65.7 Å². The van der Waals surface area contributed by atoms with Crippen molar-refractivity contribution in [2.45, 2.75) is 18.8 Å². The fourth-order valence-corrected chi connectivity index (χ4v) is 2.79. The van der Waals surface area contributed by atoms with E-state index < -0.39 is 0 Å². The van der Waals surface area contributed by atoms with E-state index >= 15 is 0 Å². The van der Waals surface area contributed by atoms with Gasteiger partial charge < -0.3 is 4.74 Å². The number of hydrogen-bond donors (Lipinski definition) is 0. The standard InChI is InChI=1S/C18H18O2/c1-20-18-10-6-5-9-14(18)11-17(19)16-12-15(16)13-7-3-2-4-8-13/h2-10,15-16H,11-12H2,1H3. The number of para-hydroxylation sites is 1. The second kappa shape index (κ2) is 5.49. The molecule has 1 aliphatic carbocycles. The van der Waals surface area contributed by atoms with Gasteiger partial charge in [0, 0.05) is 17.9 Å². The quantitative estimate of drug-likeness (QED) is 0.826. The van der Waals surface area contributed by atoms with Crippen LogP contribution in [0.25, 0.3) is 0 Å². The Labute approximate surface area is 119 Å². The van der Waals surface area contributed by atoms with Gasteiger partial charge in [-0.2, -0.15) is 0 Å². The summed E-state index contributed by atoms with van der Waals surface area (Å²) in [5, 5.41) is 0. The first kappa shape index (κ1) is 12.9. The van der Waals surface area contributed by atoms with Gasteiger partial charge in [0.15, 0.2) is 0 Å². The molecule has 1 aliphatic rings. The molecule has 0 N–H and O–H groups in total. The Morgan fingerprint density at radius 2 is 1.80 bits per heavy atom. The zero-order chi connectivity index (χ0) is 13.9. The summed E-state index contributed by atoms with van der Waals surface area (Å²) in [6, 6.07) is 18.1. The lowest BCUT2D eigenvalue weighted by atomic mass is 10.0. The van der Waals surface area contributed by atoms with Crippen molar-refractivity contribution >= 4 is 5.78 Å². The number of methoxy groups -OCH3 is 1. The second-order valence-corrected chi connectivity index (χ2v) is 5.31. The Morgan fingerprint density at radius 1 is 1.10 bits per heavy atom. The van der Waals surface area contributed by atoms with Crippen LogP contribution in [-0.2, 0) is 11.2 Å². The van der Waals surface area contributed by atoms with Crippen molar-refractivity contribution in [2.24, 2.45) is 5.92 Å². The maximum Gasteiger partial charge on any atom is 0.141 e. The molecule has 0 aromatic heterocycles. The van der Waals surface area contributed by atoms with Gasteiger partial charge in [-0.3, -0.25) is 4.79 Å². The number of benzene rings is 2. The molecule has 0 heterocycles. The summed E-state index contributed by atoms with van der Waals surface area (Å²) in [7, 11) is 1.65. The monoisotopic (exact) mass is 266 g/mol. The van der Waals surface area contributed by atoms with Crippen LogP contribution < -0.4 is 4.74 Å². The predicted octanol–water partition coefficient (Wildman–Crippen LogP) is 3.61. The van der Waals surface area contributed by atoms with Crippen LogP contribution in [0.4, 0.5) is 0 Å². The highest BCUT2D eigenvalue weighted by Crippen LogP contribution is 2.48. The van der Waals surface area contributed by atoms with Crippen molar-refractivity contribution in [3.63, 3.8) is 0 Å². The van der Waals surface area contributed by atoms with E-state index in [1.807, 2.05) is 42.5 Å². The number of rotatable bonds is 5. The lowest BCUT2D eigenvalue weighted by Gasteiger charge is -2.07. The van der Waals surface area contributed by atoms with Gasteiger partial charge in [-0.1, -0.05) is 48.5 Å². The summed E-state index contributed by atoms with van der Waals surface area (Å²) >= 11 is 0. The van der Waals surface area contributed by atoms with Crippen molar-refractivity contribution in [1.82, 2.24) is 0 Å². The number of hydrogen-bond acceptors (Lipinski definition) is 2. The van der Waals surface area contributed by atoms with Gasteiger partial charge >= 0.3 is 0 Å². The predicted molar refractivity (Wildman–Crippen MR) is 79.0 cm³/mol. The molecular formula is C18H18O2. The van der Waals surface area contributed by atoms with E-state index in [-0.39, 0.29) is 5.92 Å². The van der Waals surface area contributed by atoms with Gasteiger partial charge in [0.1, 0.15) is 11.5 Å². The highest BCUT2D eigenvalue weighted by atomic mass is 16.5. The van der Waals surface area contributed by atoms with E-state index in [1.165, 1.54) is 5.56 Å². The third-order valence-electron chi connectivity index (χ3n) is 3.99. The minimum atomic E-state index is 0.183. The van der Waals surface area contributed by atoms with Crippen molar-refractivity contribution in [2.75, 3.05) is 7.11 Å². The number of ketones is 1. The number of Topliss-reactive ketones (excluding diaryl/α,β-unsaturated/α-hetero) is 1. The Morgan fingerprint density at radius 3 is 2.55 bits per heavy atom. The molecule has 0 bridgehead atoms. The van der Waals surface area contributed by atoms with E-state index in [2.05, 4.69) is 12.1 Å². The maximum absolute atomic E-state index is 12.4. The highest BCUT2D eigenvalue weighted by molar-refractivity contribution is 5.87. The molecule has 20 heavy (non-hydrogen) atoms. The summed E-state index contributed by atoms with van der Waals surface area (Å²) in [6.07, 6.45) is 1.45. The summed E-state index contributed by atoms with van der Waals surface area (Å²) in [6.45, 7) is 0. The molecule has 2 atom stereocenters. The molecule has 3 rings (SSSR count). The molecule has 0 spiro atoms. The zero-order valence-electron chi connectivity index (χ0n) is 11.6. The van der Waals surface area contributed by atoms with Crippen molar-refractivity contribution < 1.29 is 9.53 Å². The van der Waals surface area contributed by atoms with Gasteiger partial charge in [-0.25, -0.2) is 0 Å². The summed E-state index contributed by atoms with van der Waals surface area (Å²) in [5.41, 5.74) is 2.27. The SMILES string of the molecule is COc1ccccc1CC(=O)C1CC1c1ccccc1. The number of carbonyl (C=O) groups is 1. The summed E-state index contributed by atoms with van der Waals surface area (Å²) in [5.74, 6) is 1.72. The highest BCUT2D eigenvalue weighted by Gasteiger charge is 2.43. The van der Waals surface area contributed by atoms with E-state index in [4.69, 9.17) is 4.74 Å². The van der Waals surface area contributed by atoms with E-state index in [0.29, 0.717) is 18.1 Å². The second-order valence-electron chi connectivity index (χ2n) is 5.31.